The van der Waals surface area contributed by atoms with Gasteiger partial charge in [0.2, 0.25) is 0 Å². The Morgan fingerprint density at radius 1 is 1.17 bits per heavy atom. The van der Waals surface area contributed by atoms with Crippen molar-refractivity contribution in [3.05, 3.63) is 54.4 Å². The van der Waals surface area contributed by atoms with Crippen LogP contribution in [0.1, 0.15) is 5.56 Å². The Bertz CT molecular complexity index is 596. The Morgan fingerprint density at radius 3 is 2.10 bits per heavy atom. The van der Waals surface area contributed by atoms with E-state index in [2.05, 4.69) is 15.2 Å². The zero-order chi connectivity index (χ0) is 22.7. The molecule has 0 amide bonds. The third kappa shape index (κ3) is 20.0. The predicted octanol–water partition coefficient (Wildman–Crippen LogP) is -1.81. The molecule has 0 aliphatic carbocycles. The fourth-order valence-electron chi connectivity index (χ4n) is 2.14. The first-order valence-electron chi connectivity index (χ1n) is 8.23. The molecule has 1 heterocycles. The molecule has 0 saturated carbocycles. The molecule has 2 rings (SSSR count). The molecule has 1 aliphatic rings. The van der Waals surface area contributed by atoms with Crippen LogP contribution in [0.25, 0.3) is 0 Å². The molecule has 0 aromatic heterocycles. The van der Waals surface area contributed by atoms with Crippen molar-refractivity contribution >= 4 is 6.21 Å². The van der Waals surface area contributed by atoms with Gasteiger partial charge in [0.25, 0.3) is 0 Å². The molecular weight excluding hydrogens is 458 g/mol. The van der Waals surface area contributed by atoms with Crippen LogP contribution < -0.4 is 15.2 Å². The minimum atomic E-state index is -1.75. The second-order valence-corrected chi connectivity index (χ2v) is 5.09. The van der Waals surface area contributed by atoms with Crippen molar-refractivity contribution < 1.29 is 47.5 Å². The number of aliphatic imine (C=N–C) groups is 1. The van der Waals surface area contributed by atoms with Crippen LogP contribution in [-0.2, 0) is 17.1 Å². The number of aliphatic hydroxyl groups is 1. The van der Waals surface area contributed by atoms with Crippen molar-refractivity contribution in [3.8, 4) is 11.5 Å². The second kappa shape index (κ2) is 21.0. The average Bonchev–Trinajstić information content (AvgIpc) is 2.67. The van der Waals surface area contributed by atoms with Gasteiger partial charge in [0.1, 0.15) is 5.75 Å². The summed E-state index contributed by atoms with van der Waals surface area (Å²) in [5.41, 5.74) is 0.618. The number of quaternary nitrogens is 1. The summed E-state index contributed by atoms with van der Waals surface area (Å²) in [5.74, 6) is 0.544. The Kier molecular flexibility index (Phi) is 22.4. The van der Waals surface area contributed by atoms with Gasteiger partial charge in [-0.3, -0.25) is 9.89 Å². The normalized spacial score (nSPS) is 12.5. The molecule has 1 fully saturated rings. The molecule has 1 aliphatic heterocycles. The summed E-state index contributed by atoms with van der Waals surface area (Å²) in [7, 11) is 2.55. The van der Waals surface area contributed by atoms with Crippen molar-refractivity contribution in [1.29, 1.82) is 0 Å². The van der Waals surface area contributed by atoms with E-state index < -0.39 is 10.2 Å². The van der Waals surface area contributed by atoms with Crippen LogP contribution in [0.2, 0.25) is 0 Å². The van der Waals surface area contributed by atoms with Gasteiger partial charge in [-0.1, -0.05) is 11.8 Å². The summed E-state index contributed by atoms with van der Waals surface area (Å²) in [6.45, 7) is 6.32. The number of rotatable bonds is 5. The smallest absolute Gasteiger partial charge is 0.872 e. The molecule has 0 atom stereocenters. The molecule has 15 heteroatoms. The van der Waals surface area contributed by atoms with Gasteiger partial charge in [-0.05, 0) is 17.7 Å². The molecule has 1 aromatic rings. The van der Waals surface area contributed by atoms with Crippen LogP contribution in [-0.4, -0.2) is 79.9 Å². The van der Waals surface area contributed by atoms with Gasteiger partial charge in [-0.2, -0.15) is 0 Å². The summed E-state index contributed by atoms with van der Waals surface area (Å²) >= 11 is 0. The van der Waals surface area contributed by atoms with E-state index in [0.717, 1.165) is 33.3 Å². The molecule has 1 aromatic carbocycles. The van der Waals surface area contributed by atoms with Gasteiger partial charge in [0, 0.05) is 33.0 Å². The quantitative estimate of drug-likeness (QED) is 0.207. The SMILES string of the molecule is CO.COc1ccc(C=NCCN2CC[NH2+]CC2)c([O-])c1.O=[N+]([O-])[O-].O=[N+]([O-])[O-].[Cu+2]. The van der Waals surface area contributed by atoms with Gasteiger partial charge >= 0.3 is 17.1 Å². The summed E-state index contributed by atoms with van der Waals surface area (Å²) in [6, 6.07) is 5.02. The summed E-state index contributed by atoms with van der Waals surface area (Å²) < 4.78 is 5.00. The zero-order valence-corrected chi connectivity index (χ0v) is 17.4. The molecule has 1 radical (unpaired) electrons. The number of hydrogen-bond donors (Lipinski definition) is 2. The third-order valence-electron chi connectivity index (χ3n) is 3.30. The van der Waals surface area contributed by atoms with Crippen LogP contribution in [0.3, 0.4) is 0 Å². The second-order valence-electron chi connectivity index (χ2n) is 5.09. The first-order valence-corrected chi connectivity index (χ1v) is 8.23. The fraction of sp³-hybridized carbons (Fsp3) is 0.533. The predicted molar refractivity (Wildman–Crippen MR) is 102 cm³/mol. The number of benzene rings is 1. The summed E-state index contributed by atoms with van der Waals surface area (Å²) in [4.78, 5) is 23.2. The number of nitrogens with zero attached hydrogens (tertiary/aromatic N) is 4. The molecule has 3 N–H and O–H groups in total. The Hall–Kier alpha value is -2.71. The Balaban J connectivity index is -0.000000563. The molecule has 30 heavy (non-hydrogen) atoms. The van der Waals surface area contributed by atoms with Crippen LogP contribution in [0, 0.1) is 30.6 Å². The van der Waals surface area contributed by atoms with Gasteiger partial charge in [-0.25, -0.2) is 0 Å². The standard InChI is InChI=1S/C14H21N3O2.CH4O.Cu.2NO3/c1-19-13-3-2-12(14(18)10-13)11-16-6-9-17-7-4-15-5-8-17;1-2;;2*2-1(3)4/h2-3,10-11,15,18H,4-9H2,1H3;2H,1H3;;;/q;;+2;2*-1. The maximum atomic E-state index is 11.7. The van der Waals surface area contributed by atoms with Crippen LogP contribution in [0.15, 0.2) is 23.2 Å². The van der Waals surface area contributed by atoms with E-state index in [9.17, 15) is 5.11 Å². The summed E-state index contributed by atoms with van der Waals surface area (Å²) in [5, 5.41) is 50.5. The van der Waals surface area contributed by atoms with E-state index in [-0.39, 0.29) is 22.8 Å². The van der Waals surface area contributed by atoms with E-state index in [0.29, 0.717) is 11.3 Å². The average molecular weight is 483 g/mol. The molecule has 0 spiro atoms. The van der Waals surface area contributed by atoms with E-state index in [1.165, 1.54) is 19.2 Å². The van der Waals surface area contributed by atoms with E-state index >= 15 is 0 Å². The van der Waals surface area contributed by atoms with Crippen LogP contribution in [0.5, 0.6) is 11.5 Å². The van der Waals surface area contributed by atoms with Crippen molar-refractivity contribution in [1.82, 2.24) is 4.90 Å². The van der Waals surface area contributed by atoms with E-state index in [1.807, 2.05) is 0 Å². The Labute approximate surface area is 183 Å². The maximum Gasteiger partial charge on any atom is 2.00 e. The van der Waals surface area contributed by atoms with Crippen molar-refractivity contribution in [2.45, 2.75) is 0 Å². The van der Waals surface area contributed by atoms with Crippen LogP contribution >= 0.6 is 0 Å². The van der Waals surface area contributed by atoms with Crippen molar-refractivity contribution in [3.63, 3.8) is 0 Å². The number of aliphatic hydroxyl groups excluding tert-OH is 1. The van der Waals surface area contributed by atoms with Gasteiger partial charge in [-0.15, -0.1) is 0 Å². The number of methoxy groups -OCH3 is 1. The third-order valence-corrected chi connectivity index (χ3v) is 3.30. The molecule has 175 valence electrons. The number of hydrogen-bond acceptors (Lipinski definition) is 11. The topological polar surface area (TPSA) is 217 Å². The fourth-order valence-corrected chi connectivity index (χ4v) is 2.14. The minimum Gasteiger partial charge on any atom is -0.872 e. The van der Waals surface area contributed by atoms with Gasteiger partial charge in [0.15, 0.2) is 0 Å². The van der Waals surface area contributed by atoms with Crippen molar-refractivity contribution in [2.24, 2.45) is 4.99 Å². The van der Waals surface area contributed by atoms with E-state index in [4.69, 9.17) is 40.5 Å². The monoisotopic (exact) mass is 482 g/mol. The maximum absolute atomic E-state index is 11.7. The van der Waals surface area contributed by atoms with Crippen LogP contribution in [0.4, 0.5) is 0 Å². The largest absolute Gasteiger partial charge is 2.00 e. The summed E-state index contributed by atoms with van der Waals surface area (Å²) in [6.07, 6.45) is 1.66. The minimum absolute atomic E-state index is 0. The molecular formula is C15H25CuN5O9. The van der Waals surface area contributed by atoms with Gasteiger partial charge in [0.05, 0.1) is 36.9 Å². The van der Waals surface area contributed by atoms with Crippen molar-refractivity contribution in [2.75, 3.05) is 53.5 Å². The number of piperazine rings is 1. The molecule has 1 saturated heterocycles. The first kappa shape index (κ1) is 32.0. The van der Waals surface area contributed by atoms with E-state index in [1.54, 1.807) is 25.5 Å². The molecule has 0 unspecified atom stereocenters. The molecule has 14 nitrogen and oxygen atoms in total. The first-order chi connectivity index (χ1) is 13.8. The molecule has 0 bridgehead atoms. The number of ether oxygens (including phenoxy) is 1. The van der Waals surface area contributed by atoms with Gasteiger partial charge < -0.3 is 50.9 Å². The Morgan fingerprint density at radius 2 is 1.67 bits per heavy atom. The number of nitrogens with two attached hydrogens (primary N) is 1. The zero-order valence-electron chi connectivity index (χ0n) is 16.4.